The Hall–Kier alpha value is -0.600. The molecule has 0 radical (unpaired) electrons. The molecule has 0 heterocycles. The Morgan fingerprint density at radius 1 is 1.00 bits per heavy atom. The molecular weight excluding hydrogens is 364 g/mol. The molecule has 0 fully saturated rings. The molecule has 0 saturated carbocycles. The summed E-state index contributed by atoms with van der Waals surface area (Å²) < 4.78 is 1.12. The Morgan fingerprint density at radius 2 is 1.74 bits per heavy atom. The summed E-state index contributed by atoms with van der Waals surface area (Å²) in [5.41, 5.74) is 4.01. The average molecular weight is 382 g/mol. The van der Waals surface area contributed by atoms with Crippen molar-refractivity contribution in [2.45, 2.75) is 31.0 Å². The smallest absolute Gasteiger partial charge is 0.0645 e. The largest absolute Gasteiger partial charge is 0.0786 e. The number of hydrogen-bond acceptors (Lipinski definition) is 0. The van der Waals surface area contributed by atoms with Crippen LogP contribution in [0.5, 0.6) is 0 Å². The van der Waals surface area contributed by atoms with E-state index in [1.165, 1.54) is 36.0 Å². The second-order valence-electron chi connectivity index (χ2n) is 4.76. The molecule has 2 aromatic rings. The van der Waals surface area contributed by atoms with E-state index in [4.69, 9.17) is 0 Å². The predicted molar refractivity (Wildman–Crippen MR) is 90.0 cm³/mol. The Kier molecular flexibility index (Phi) is 5.65. The van der Waals surface area contributed by atoms with Crippen LogP contribution < -0.4 is 0 Å². The van der Waals surface area contributed by atoms with Crippen LogP contribution in [0.1, 0.15) is 41.3 Å². The number of halogens is 2. The van der Waals surface area contributed by atoms with Crippen molar-refractivity contribution in [1.29, 1.82) is 0 Å². The fraction of sp³-hybridized carbons (Fsp3) is 0.294. The van der Waals surface area contributed by atoms with Crippen LogP contribution in [0.2, 0.25) is 0 Å². The van der Waals surface area contributed by atoms with Crippen LogP contribution in [0.15, 0.2) is 53.0 Å². The molecule has 1 atom stereocenters. The predicted octanol–water partition coefficient (Wildman–Crippen LogP) is 6.28. The molecular formula is C17H18Br2. The maximum atomic E-state index is 3.78. The fourth-order valence-electron chi connectivity index (χ4n) is 2.09. The minimum atomic E-state index is 0.255. The Balaban J connectivity index is 2.13. The summed E-state index contributed by atoms with van der Waals surface area (Å²) in [5, 5.41) is 0. The Labute approximate surface area is 132 Å². The molecule has 2 rings (SSSR count). The van der Waals surface area contributed by atoms with Crippen molar-refractivity contribution in [3.63, 3.8) is 0 Å². The zero-order chi connectivity index (χ0) is 13.7. The van der Waals surface area contributed by atoms with Gasteiger partial charge in [0.25, 0.3) is 0 Å². The van der Waals surface area contributed by atoms with Crippen LogP contribution in [0, 0.1) is 0 Å². The second-order valence-corrected chi connectivity index (χ2v) is 6.59. The van der Waals surface area contributed by atoms with Gasteiger partial charge in [0.1, 0.15) is 0 Å². The minimum Gasteiger partial charge on any atom is -0.0786 e. The van der Waals surface area contributed by atoms with Crippen molar-refractivity contribution in [3.05, 3.63) is 69.7 Å². The van der Waals surface area contributed by atoms with Gasteiger partial charge < -0.3 is 0 Å². The van der Waals surface area contributed by atoms with Gasteiger partial charge in [0.15, 0.2) is 0 Å². The monoisotopic (exact) mass is 380 g/mol. The highest BCUT2D eigenvalue weighted by Gasteiger charge is 2.10. The van der Waals surface area contributed by atoms with E-state index in [1.807, 2.05) is 0 Å². The van der Waals surface area contributed by atoms with E-state index < -0.39 is 0 Å². The summed E-state index contributed by atoms with van der Waals surface area (Å²) in [7, 11) is 0. The zero-order valence-corrected chi connectivity index (χ0v) is 14.2. The molecule has 0 aliphatic rings. The van der Waals surface area contributed by atoms with Crippen molar-refractivity contribution in [1.82, 2.24) is 0 Å². The highest BCUT2D eigenvalue weighted by Crippen LogP contribution is 2.32. The first-order chi connectivity index (χ1) is 9.20. The summed E-state index contributed by atoms with van der Waals surface area (Å²) in [6.07, 6.45) is 3.70. The van der Waals surface area contributed by atoms with Crippen LogP contribution in [-0.2, 0) is 6.42 Å². The number of hydrogen-bond donors (Lipinski definition) is 0. The van der Waals surface area contributed by atoms with E-state index in [9.17, 15) is 0 Å². The number of rotatable bonds is 5. The summed E-state index contributed by atoms with van der Waals surface area (Å²) in [6, 6.07) is 17.4. The third-order valence-corrected chi connectivity index (χ3v) is 4.78. The summed E-state index contributed by atoms with van der Waals surface area (Å²) in [6.45, 7) is 2.23. The molecule has 0 saturated heterocycles. The second kappa shape index (κ2) is 7.25. The van der Waals surface area contributed by atoms with Gasteiger partial charge in [-0.25, -0.2) is 0 Å². The molecule has 0 aliphatic heterocycles. The normalized spacial score (nSPS) is 12.4. The Morgan fingerprint density at radius 3 is 2.37 bits per heavy atom. The summed E-state index contributed by atoms with van der Waals surface area (Å²) in [4.78, 5) is 0.255. The van der Waals surface area contributed by atoms with Gasteiger partial charge in [0.05, 0.1) is 4.83 Å². The van der Waals surface area contributed by atoms with E-state index in [2.05, 4.69) is 87.3 Å². The van der Waals surface area contributed by atoms with Gasteiger partial charge in [-0.15, -0.1) is 0 Å². The minimum absolute atomic E-state index is 0.255. The van der Waals surface area contributed by atoms with Gasteiger partial charge >= 0.3 is 0 Å². The van der Waals surface area contributed by atoms with Crippen LogP contribution in [0.4, 0.5) is 0 Å². The quantitative estimate of drug-likeness (QED) is 0.535. The van der Waals surface area contributed by atoms with E-state index in [0.29, 0.717) is 0 Å². The lowest BCUT2D eigenvalue weighted by molar-refractivity contribution is 0.795. The first-order valence-electron chi connectivity index (χ1n) is 6.69. The number of aryl methyl sites for hydroxylation is 1. The van der Waals surface area contributed by atoms with Crippen LogP contribution >= 0.6 is 31.9 Å². The maximum absolute atomic E-state index is 3.78. The zero-order valence-electron chi connectivity index (χ0n) is 11.1. The van der Waals surface area contributed by atoms with Gasteiger partial charge in [0.2, 0.25) is 0 Å². The van der Waals surface area contributed by atoms with E-state index in [0.717, 1.165) is 4.47 Å². The highest BCUT2D eigenvalue weighted by atomic mass is 79.9. The lowest BCUT2D eigenvalue weighted by Gasteiger charge is -2.12. The number of benzene rings is 2. The highest BCUT2D eigenvalue weighted by molar-refractivity contribution is 9.10. The lowest BCUT2D eigenvalue weighted by atomic mass is 10.0. The molecule has 19 heavy (non-hydrogen) atoms. The van der Waals surface area contributed by atoms with Crippen molar-refractivity contribution in [2.24, 2.45) is 0 Å². The van der Waals surface area contributed by atoms with Gasteiger partial charge in [-0.2, -0.15) is 0 Å². The molecule has 2 aromatic carbocycles. The van der Waals surface area contributed by atoms with E-state index in [-0.39, 0.29) is 4.83 Å². The van der Waals surface area contributed by atoms with Crippen LogP contribution in [-0.4, -0.2) is 0 Å². The maximum Gasteiger partial charge on any atom is 0.0645 e. The third kappa shape index (κ3) is 4.19. The molecule has 0 nitrogen and oxygen atoms in total. The summed E-state index contributed by atoms with van der Waals surface area (Å²) in [5.74, 6) is 0. The van der Waals surface area contributed by atoms with Crippen molar-refractivity contribution < 1.29 is 0 Å². The molecule has 0 spiro atoms. The van der Waals surface area contributed by atoms with Crippen molar-refractivity contribution in [2.75, 3.05) is 0 Å². The molecule has 0 N–H and O–H groups in total. The Bertz CT molecular complexity index is 517. The standard InChI is InChI=1S/C17H18Br2/c1-2-3-5-13-8-10-14(11-9-13)17(19)15-6-4-7-16(18)12-15/h4,6-12,17H,2-3,5H2,1H3. The molecule has 100 valence electrons. The third-order valence-electron chi connectivity index (χ3n) is 3.23. The fourth-order valence-corrected chi connectivity index (χ4v) is 3.10. The molecule has 0 aromatic heterocycles. The van der Waals surface area contributed by atoms with E-state index in [1.54, 1.807) is 0 Å². The first-order valence-corrected chi connectivity index (χ1v) is 8.40. The van der Waals surface area contributed by atoms with Crippen LogP contribution in [0.3, 0.4) is 0 Å². The average Bonchev–Trinajstić information content (AvgIpc) is 2.45. The molecule has 0 bridgehead atoms. The van der Waals surface area contributed by atoms with Gasteiger partial charge in [-0.05, 0) is 41.7 Å². The topological polar surface area (TPSA) is 0 Å². The SMILES string of the molecule is CCCCc1ccc(C(Br)c2cccc(Br)c2)cc1. The van der Waals surface area contributed by atoms with Gasteiger partial charge in [0, 0.05) is 4.47 Å². The van der Waals surface area contributed by atoms with Crippen molar-refractivity contribution >= 4 is 31.9 Å². The lowest BCUT2D eigenvalue weighted by Crippen LogP contribution is -1.93. The van der Waals surface area contributed by atoms with Crippen LogP contribution in [0.25, 0.3) is 0 Å². The van der Waals surface area contributed by atoms with Crippen molar-refractivity contribution in [3.8, 4) is 0 Å². The number of unbranched alkanes of at least 4 members (excludes halogenated alkanes) is 1. The molecule has 2 heteroatoms. The first kappa shape index (κ1) is 14.8. The molecule has 1 unspecified atom stereocenters. The molecule has 0 amide bonds. The molecule has 0 aliphatic carbocycles. The van der Waals surface area contributed by atoms with E-state index >= 15 is 0 Å². The number of alkyl halides is 1. The summed E-state index contributed by atoms with van der Waals surface area (Å²) >= 11 is 7.31. The van der Waals surface area contributed by atoms with Gasteiger partial charge in [-0.1, -0.05) is 81.6 Å². The van der Waals surface area contributed by atoms with Gasteiger partial charge in [-0.3, -0.25) is 0 Å².